The molecule has 0 aromatic heterocycles. The van der Waals surface area contributed by atoms with Gasteiger partial charge in [0.25, 0.3) is 6.71 Å². The lowest BCUT2D eigenvalue weighted by atomic mass is 9.34. The van der Waals surface area contributed by atoms with E-state index in [9.17, 15) is 0 Å². The van der Waals surface area contributed by atoms with Crippen LogP contribution in [0.2, 0.25) is 0 Å². The highest BCUT2D eigenvalue weighted by atomic mass is 16.5. The molecule has 0 N–H and O–H groups in total. The molecular formula is C42H40BNO2. The third-order valence-electron chi connectivity index (χ3n) is 11.5. The van der Waals surface area contributed by atoms with Crippen molar-refractivity contribution in [1.82, 2.24) is 0 Å². The molecule has 228 valence electrons. The molecule has 0 bridgehead atoms. The smallest absolute Gasteiger partial charge is 0.260 e. The molecule has 0 amide bonds. The number of benzene rings is 5. The van der Waals surface area contributed by atoms with Crippen LogP contribution in [0.4, 0.5) is 17.1 Å². The quantitative estimate of drug-likeness (QED) is 0.175. The first-order valence-electron chi connectivity index (χ1n) is 16.8. The van der Waals surface area contributed by atoms with E-state index in [0.29, 0.717) is 0 Å². The van der Waals surface area contributed by atoms with Crippen molar-refractivity contribution in [1.29, 1.82) is 0 Å². The Hall–Kier alpha value is -4.44. The molecule has 5 aromatic rings. The second kappa shape index (κ2) is 9.09. The van der Waals surface area contributed by atoms with Gasteiger partial charge in [-0.05, 0) is 76.4 Å². The lowest BCUT2D eigenvalue weighted by molar-refractivity contribution is 0.320. The zero-order valence-electron chi connectivity index (χ0n) is 27.9. The highest BCUT2D eigenvalue weighted by molar-refractivity contribution is 6.98. The molecule has 0 radical (unpaired) electrons. The lowest BCUT2D eigenvalue weighted by Gasteiger charge is -2.45. The number of hydrogen-bond acceptors (Lipinski definition) is 3. The molecule has 0 atom stereocenters. The van der Waals surface area contributed by atoms with Crippen LogP contribution in [0.5, 0.6) is 23.0 Å². The SMILES string of the molecule is Cc1ccc2c(c1)B1c3ccc4c(c3Oc3cc(N5c6ccccc6C(C)(C)c6ccccc65)cc(c31)O2)C(C)(C)CCC4(C)C. The van der Waals surface area contributed by atoms with E-state index >= 15 is 0 Å². The van der Waals surface area contributed by atoms with E-state index in [4.69, 9.17) is 9.47 Å². The molecule has 0 spiro atoms. The summed E-state index contributed by atoms with van der Waals surface area (Å²) >= 11 is 0. The first-order chi connectivity index (χ1) is 22.0. The summed E-state index contributed by atoms with van der Waals surface area (Å²) in [7, 11) is 0. The van der Waals surface area contributed by atoms with Gasteiger partial charge in [0, 0.05) is 28.6 Å². The van der Waals surface area contributed by atoms with Crippen molar-refractivity contribution >= 4 is 40.2 Å². The normalized spacial score (nSPS) is 18.5. The van der Waals surface area contributed by atoms with Crippen molar-refractivity contribution in [2.75, 3.05) is 4.90 Å². The number of fused-ring (bicyclic) bond motifs is 8. The number of para-hydroxylation sites is 2. The largest absolute Gasteiger partial charge is 0.458 e. The standard InChI is InChI=1S/C42H40BNO2/c1-25-16-19-34-31(22-25)43-30-18-17-29-37(41(4,5)21-20-40(29,2)3)39(30)46-36-24-26(23-35(45-34)38(36)43)44-32-14-10-8-12-27(32)42(6,7)28-13-9-11-15-33(28)44/h8-19,22-24H,20-21H2,1-7H3. The van der Waals surface area contributed by atoms with Gasteiger partial charge in [0.15, 0.2) is 0 Å². The topological polar surface area (TPSA) is 21.7 Å². The molecule has 3 heterocycles. The van der Waals surface area contributed by atoms with E-state index in [1.165, 1.54) is 56.5 Å². The van der Waals surface area contributed by atoms with E-state index in [1.807, 2.05) is 0 Å². The number of hydrogen-bond donors (Lipinski definition) is 0. The minimum atomic E-state index is -0.128. The Morgan fingerprint density at radius 2 is 1.24 bits per heavy atom. The molecule has 0 unspecified atom stereocenters. The van der Waals surface area contributed by atoms with E-state index in [2.05, 4.69) is 144 Å². The summed E-state index contributed by atoms with van der Waals surface area (Å²) in [5.41, 5.74) is 13.6. The number of rotatable bonds is 1. The van der Waals surface area contributed by atoms with Crippen LogP contribution in [0.25, 0.3) is 0 Å². The maximum Gasteiger partial charge on any atom is 0.260 e. The fourth-order valence-corrected chi connectivity index (χ4v) is 8.87. The Morgan fingerprint density at radius 1 is 0.609 bits per heavy atom. The van der Waals surface area contributed by atoms with E-state index in [1.54, 1.807) is 0 Å². The number of anilines is 3. The Labute approximate surface area is 273 Å². The second-order valence-corrected chi connectivity index (χ2v) is 15.7. The van der Waals surface area contributed by atoms with Gasteiger partial charge in [-0.1, -0.05) is 108 Å². The summed E-state index contributed by atoms with van der Waals surface area (Å²) in [5, 5.41) is 0. The fourth-order valence-electron chi connectivity index (χ4n) is 8.87. The number of aryl methyl sites for hydroxylation is 1. The molecule has 0 fully saturated rings. The molecule has 3 aliphatic heterocycles. The Balaban J connectivity index is 1.32. The summed E-state index contributed by atoms with van der Waals surface area (Å²) in [6.07, 6.45) is 2.30. The van der Waals surface area contributed by atoms with Crippen molar-refractivity contribution in [3.63, 3.8) is 0 Å². The fraction of sp³-hybridized carbons (Fsp3) is 0.286. The summed E-state index contributed by atoms with van der Waals surface area (Å²) in [6.45, 7) is 16.4. The van der Waals surface area contributed by atoms with E-state index < -0.39 is 0 Å². The molecule has 5 aromatic carbocycles. The van der Waals surface area contributed by atoms with Gasteiger partial charge in [-0.3, -0.25) is 0 Å². The van der Waals surface area contributed by atoms with Crippen molar-refractivity contribution in [3.8, 4) is 23.0 Å². The van der Waals surface area contributed by atoms with Crippen LogP contribution in [-0.2, 0) is 16.2 Å². The first-order valence-corrected chi connectivity index (χ1v) is 16.8. The van der Waals surface area contributed by atoms with Gasteiger partial charge in [-0.15, -0.1) is 0 Å². The maximum atomic E-state index is 7.24. The maximum absolute atomic E-state index is 7.24. The third-order valence-corrected chi connectivity index (χ3v) is 11.5. The molecular weight excluding hydrogens is 561 g/mol. The minimum absolute atomic E-state index is 0.00503. The van der Waals surface area contributed by atoms with Gasteiger partial charge >= 0.3 is 0 Å². The monoisotopic (exact) mass is 601 g/mol. The van der Waals surface area contributed by atoms with Crippen LogP contribution >= 0.6 is 0 Å². The Bertz CT molecular complexity index is 2070. The van der Waals surface area contributed by atoms with Crippen LogP contribution < -0.4 is 30.8 Å². The summed E-state index contributed by atoms with van der Waals surface area (Å²) in [5.74, 6) is 3.74. The molecule has 4 aliphatic rings. The average Bonchev–Trinajstić information content (AvgIpc) is 3.03. The predicted molar refractivity (Wildman–Crippen MR) is 191 cm³/mol. The van der Waals surface area contributed by atoms with Gasteiger partial charge in [0.05, 0.1) is 17.1 Å². The van der Waals surface area contributed by atoms with Crippen LogP contribution in [0.1, 0.15) is 82.2 Å². The van der Waals surface area contributed by atoms with Crippen LogP contribution in [0, 0.1) is 6.92 Å². The van der Waals surface area contributed by atoms with E-state index in [-0.39, 0.29) is 23.0 Å². The second-order valence-electron chi connectivity index (χ2n) is 15.7. The van der Waals surface area contributed by atoms with E-state index in [0.717, 1.165) is 40.6 Å². The first kappa shape index (κ1) is 27.8. The molecule has 0 saturated heterocycles. The van der Waals surface area contributed by atoms with Gasteiger partial charge in [0.1, 0.15) is 23.0 Å². The highest BCUT2D eigenvalue weighted by Crippen LogP contribution is 2.54. The van der Waals surface area contributed by atoms with Gasteiger partial charge < -0.3 is 14.4 Å². The van der Waals surface area contributed by atoms with Crippen molar-refractivity contribution < 1.29 is 9.47 Å². The molecule has 4 heteroatoms. The number of ether oxygens (including phenoxy) is 2. The zero-order valence-corrected chi connectivity index (χ0v) is 27.9. The lowest BCUT2D eigenvalue weighted by Crippen LogP contribution is -2.58. The van der Waals surface area contributed by atoms with Crippen LogP contribution in [0.3, 0.4) is 0 Å². The number of nitrogens with zero attached hydrogens (tertiary/aromatic N) is 1. The minimum Gasteiger partial charge on any atom is -0.458 e. The molecule has 9 rings (SSSR count). The van der Waals surface area contributed by atoms with Gasteiger partial charge in [0.2, 0.25) is 0 Å². The van der Waals surface area contributed by atoms with Crippen LogP contribution in [0.15, 0.2) is 91.0 Å². The van der Waals surface area contributed by atoms with Gasteiger partial charge in [-0.2, -0.15) is 0 Å². The highest BCUT2D eigenvalue weighted by Gasteiger charge is 2.47. The summed E-state index contributed by atoms with van der Waals surface area (Å²) in [6, 6.07) is 33.5. The predicted octanol–water partition coefficient (Wildman–Crippen LogP) is 9.18. The molecule has 1 aliphatic carbocycles. The van der Waals surface area contributed by atoms with Crippen LogP contribution in [-0.4, -0.2) is 6.71 Å². The van der Waals surface area contributed by atoms with Crippen molar-refractivity contribution in [3.05, 3.63) is 119 Å². The van der Waals surface area contributed by atoms with Crippen molar-refractivity contribution in [2.24, 2.45) is 0 Å². The van der Waals surface area contributed by atoms with Crippen molar-refractivity contribution in [2.45, 2.75) is 77.6 Å². The molecule has 3 nitrogen and oxygen atoms in total. The zero-order chi connectivity index (χ0) is 31.7. The summed E-state index contributed by atoms with van der Waals surface area (Å²) in [4.78, 5) is 2.40. The third kappa shape index (κ3) is 3.67. The Kier molecular flexibility index (Phi) is 5.50. The summed E-state index contributed by atoms with van der Waals surface area (Å²) < 4.78 is 14.1. The Morgan fingerprint density at radius 3 is 1.93 bits per heavy atom. The molecule has 0 saturated carbocycles. The average molecular weight is 602 g/mol. The molecule has 46 heavy (non-hydrogen) atoms. The van der Waals surface area contributed by atoms with Gasteiger partial charge in [-0.25, -0.2) is 0 Å².